The molecule has 0 bridgehead atoms. The molecule has 0 saturated heterocycles. The Hall–Kier alpha value is -2.82. The number of hydrogen-bond donors (Lipinski definition) is 3. The molecule has 0 aliphatic heterocycles. The van der Waals surface area contributed by atoms with Crippen LogP contribution in [0.4, 0.5) is 4.79 Å². The Kier molecular flexibility index (Phi) is 5.10. The maximum atomic E-state index is 12.5. The average molecular weight is 363 g/mol. The van der Waals surface area contributed by atoms with Gasteiger partial charge in [-0.1, -0.05) is 67.8 Å². The van der Waals surface area contributed by atoms with Gasteiger partial charge in [0.25, 0.3) is 0 Å². The van der Waals surface area contributed by atoms with Gasteiger partial charge < -0.3 is 5.32 Å². The van der Waals surface area contributed by atoms with Gasteiger partial charge >= 0.3 is 6.03 Å². The highest BCUT2D eigenvalue weighted by atomic mass is 16.2. The summed E-state index contributed by atoms with van der Waals surface area (Å²) in [6.07, 6.45) is 5.86. The summed E-state index contributed by atoms with van der Waals surface area (Å²) in [5.74, 6) is -0.175. The van der Waals surface area contributed by atoms with Crippen LogP contribution in [0.5, 0.6) is 0 Å². The Morgan fingerprint density at radius 3 is 2.04 bits per heavy atom. The number of rotatable bonds is 3. The van der Waals surface area contributed by atoms with Crippen molar-refractivity contribution in [2.45, 2.75) is 50.5 Å². The van der Waals surface area contributed by atoms with Gasteiger partial charge in [0.15, 0.2) is 0 Å². The molecule has 0 atom stereocenters. The minimum Gasteiger partial charge on any atom is -0.334 e. The number of hydrogen-bond acceptors (Lipinski definition) is 2. The average Bonchev–Trinajstić information content (AvgIpc) is 3.01. The van der Waals surface area contributed by atoms with E-state index in [0.717, 1.165) is 25.7 Å². The van der Waals surface area contributed by atoms with Crippen molar-refractivity contribution in [3.8, 4) is 11.1 Å². The zero-order valence-corrected chi connectivity index (χ0v) is 15.3. The summed E-state index contributed by atoms with van der Waals surface area (Å²) >= 11 is 0. The number of carbonyl (C=O) groups excluding carboxylic acids is 2. The van der Waals surface area contributed by atoms with E-state index in [1.54, 1.807) is 0 Å². The smallest absolute Gasteiger partial charge is 0.333 e. The molecule has 27 heavy (non-hydrogen) atoms. The second kappa shape index (κ2) is 7.82. The molecule has 1 fully saturated rings. The first-order chi connectivity index (χ1) is 13.2. The van der Waals surface area contributed by atoms with Crippen molar-refractivity contribution in [3.63, 3.8) is 0 Å². The minimum atomic E-state index is -0.331. The monoisotopic (exact) mass is 363 g/mol. The Labute approximate surface area is 159 Å². The van der Waals surface area contributed by atoms with Crippen LogP contribution in [0.1, 0.15) is 55.6 Å². The SMILES string of the molecule is O=C(CC1c2ccccc2-c2ccccc21)NNC(=O)NC1CCCCC1. The van der Waals surface area contributed by atoms with E-state index in [1.165, 1.54) is 28.7 Å². The topological polar surface area (TPSA) is 70.2 Å². The summed E-state index contributed by atoms with van der Waals surface area (Å²) in [5.41, 5.74) is 9.77. The number of amides is 3. The number of nitrogens with one attached hydrogen (secondary N) is 3. The highest BCUT2D eigenvalue weighted by Gasteiger charge is 2.29. The Morgan fingerprint density at radius 1 is 0.815 bits per heavy atom. The maximum absolute atomic E-state index is 12.5. The second-order valence-corrected chi connectivity index (χ2v) is 7.41. The molecule has 0 aromatic heterocycles. The summed E-state index contributed by atoms with van der Waals surface area (Å²) in [6.45, 7) is 0. The van der Waals surface area contributed by atoms with E-state index >= 15 is 0 Å². The summed E-state index contributed by atoms with van der Waals surface area (Å²) in [4.78, 5) is 24.5. The lowest BCUT2D eigenvalue weighted by Crippen LogP contribution is -2.50. The first kappa shape index (κ1) is 17.6. The highest BCUT2D eigenvalue weighted by Crippen LogP contribution is 2.45. The molecular formula is C22H25N3O2. The lowest BCUT2D eigenvalue weighted by atomic mass is 9.93. The molecule has 4 rings (SSSR count). The highest BCUT2D eigenvalue weighted by molar-refractivity contribution is 5.85. The van der Waals surface area contributed by atoms with Crippen molar-refractivity contribution in [2.75, 3.05) is 0 Å². The van der Waals surface area contributed by atoms with Crippen LogP contribution in [-0.2, 0) is 4.79 Å². The number of benzene rings is 2. The third-order valence-corrected chi connectivity index (χ3v) is 5.61. The summed E-state index contributed by atoms with van der Waals surface area (Å²) in [5, 5.41) is 2.93. The number of urea groups is 1. The molecule has 0 radical (unpaired) electrons. The molecular weight excluding hydrogens is 338 g/mol. The van der Waals surface area contributed by atoms with Crippen LogP contribution in [0.15, 0.2) is 48.5 Å². The summed E-state index contributed by atoms with van der Waals surface area (Å²) < 4.78 is 0. The fraction of sp³-hybridized carbons (Fsp3) is 0.364. The molecule has 0 unspecified atom stereocenters. The molecule has 2 aliphatic rings. The Balaban J connectivity index is 1.36. The van der Waals surface area contributed by atoms with E-state index in [4.69, 9.17) is 0 Å². The van der Waals surface area contributed by atoms with Crippen molar-refractivity contribution in [3.05, 3.63) is 59.7 Å². The van der Waals surface area contributed by atoms with Gasteiger partial charge in [-0.15, -0.1) is 0 Å². The molecule has 0 heterocycles. The van der Waals surface area contributed by atoms with E-state index in [-0.39, 0.29) is 23.9 Å². The van der Waals surface area contributed by atoms with Crippen molar-refractivity contribution in [1.29, 1.82) is 0 Å². The van der Waals surface area contributed by atoms with Gasteiger partial charge in [0.2, 0.25) is 5.91 Å². The molecule has 5 nitrogen and oxygen atoms in total. The van der Waals surface area contributed by atoms with E-state index < -0.39 is 0 Å². The first-order valence-corrected chi connectivity index (χ1v) is 9.76. The minimum absolute atomic E-state index is 0.0144. The zero-order chi connectivity index (χ0) is 18.6. The van der Waals surface area contributed by atoms with E-state index in [1.807, 2.05) is 24.3 Å². The van der Waals surface area contributed by atoms with Gasteiger partial charge in [-0.2, -0.15) is 0 Å². The number of hydrazine groups is 1. The molecule has 1 saturated carbocycles. The molecule has 2 aromatic carbocycles. The predicted octanol–water partition coefficient (Wildman–Crippen LogP) is 3.85. The van der Waals surface area contributed by atoms with Crippen molar-refractivity contribution < 1.29 is 9.59 Å². The molecule has 0 spiro atoms. The normalized spacial score (nSPS) is 16.3. The lowest BCUT2D eigenvalue weighted by molar-refractivity contribution is -0.122. The van der Waals surface area contributed by atoms with E-state index in [9.17, 15) is 9.59 Å². The van der Waals surface area contributed by atoms with Gasteiger partial charge in [-0.3, -0.25) is 10.2 Å². The lowest BCUT2D eigenvalue weighted by Gasteiger charge is -2.23. The van der Waals surface area contributed by atoms with Gasteiger partial charge in [0.1, 0.15) is 0 Å². The number of fused-ring (bicyclic) bond motifs is 3. The quantitative estimate of drug-likeness (QED) is 0.725. The van der Waals surface area contributed by atoms with Crippen LogP contribution in [0.2, 0.25) is 0 Å². The molecule has 2 aliphatic carbocycles. The van der Waals surface area contributed by atoms with Crippen molar-refractivity contribution in [2.24, 2.45) is 0 Å². The largest absolute Gasteiger partial charge is 0.334 e. The molecule has 3 N–H and O–H groups in total. The van der Waals surface area contributed by atoms with Crippen LogP contribution in [0.25, 0.3) is 11.1 Å². The number of carbonyl (C=O) groups is 2. The van der Waals surface area contributed by atoms with Gasteiger partial charge in [-0.05, 0) is 35.1 Å². The standard InChI is InChI=1S/C22H25N3O2/c26-21(24-25-22(27)23-15-8-2-1-3-9-15)14-20-18-12-6-4-10-16(18)17-11-5-7-13-19(17)20/h4-7,10-13,15,20H,1-3,8-9,14H2,(H,24,26)(H2,23,25,27). The van der Waals surface area contributed by atoms with Crippen LogP contribution in [0, 0.1) is 0 Å². The molecule has 3 amide bonds. The second-order valence-electron chi connectivity index (χ2n) is 7.41. The Bertz CT molecular complexity index is 797. The van der Waals surface area contributed by atoms with E-state index in [2.05, 4.69) is 40.4 Å². The third-order valence-electron chi connectivity index (χ3n) is 5.61. The van der Waals surface area contributed by atoms with Gasteiger partial charge in [0.05, 0.1) is 0 Å². The first-order valence-electron chi connectivity index (χ1n) is 9.76. The third kappa shape index (κ3) is 3.82. The van der Waals surface area contributed by atoms with Gasteiger partial charge in [0, 0.05) is 18.4 Å². The molecule has 5 heteroatoms. The van der Waals surface area contributed by atoms with Crippen molar-refractivity contribution in [1.82, 2.24) is 16.2 Å². The zero-order valence-electron chi connectivity index (χ0n) is 15.3. The van der Waals surface area contributed by atoms with Gasteiger partial charge in [-0.25, -0.2) is 10.2 Å². The molecule has 2 aromatic rings. The summed E-state index contributed by atoms with van der Waals surface area (Å²) in [7, 11) is 0. The van der Waals surface area contributed by atoms with Crippen molar-refractivity contribution >= 4 is 11.9 Å². The Morgan fingerprint density at radius 2 is 1.41 bits per heavy atom. The predicted molar refractivity (Wildman–Crippen MR) is 105 cm³/mol. The van der Waals surface area contributed by atoms with Crippen LogP contribution in [0.3, 0.4) is 0 Å². The maximum Gasteiger partial charge on any atom is 0.333 e. The van der Waals surface area contributed by atoms with Crippen LogP contribution in [-0.4, -0.2) is 18.0 Å². The van der Waals surface area contributed by atoms with Crippen LogP contribution >= 0.6 is 0 Å². The fourth-order valence-corrected chi connectivity index (χ4v) is 4.31. The fourth-order valence-electron chi connectivity index (χ4n) is 4.31. The molecule has 140 valence electrons. The van der Waals surface area contributed by atoms with E-state index in [0.29, 0.717) is 6.42 Å². The summed E-state index contributed by atoms with van der Waals surface area (Å²) in [6, 6.07) is 16.3. The van der Waals surface area contributed by atoms with Crippen LogP contribution < -0.4 is 16.2 Å².